The molecule has 0 aliphatic carbocycles. The van der Waals surface area contributed by atoms with Gasteiger partial charge in [-0.2, -0.15) is 0 Å². The number of hydrogen-bond donors (Lipinski definition) is 3. The molecule has 0 saturated heterocycles. The number of nitrogens with zero attached hydrogens (tertiary/aromatic N) is 1. The van der Waals surface area contributed by atoms with Crippen LogP contribution >= 0.6 is 0 Å². The summed E-state index contributed by atoms with van der Waals surface area (Å²) < 4.78 is 30.2. The van der Waals surface area contributed by atoms with E-state index in [0.717, 1.165) is 0 Å². The summed E-state index contributed by atoms with van der Waals surface area (Å²) in [4.78, 5) is 14.8. The number of carboxylic acid groups (broad SMARTS) is 1. The first kappa shape index (κ1) is 17.8. The molecule has 1 rings (SSSR count). The van der Waals surface area contributed by atoms with Crippen LogP contribution in [0.2, 0.25) is 0 Å². The fourth-order valence-electron chi connectivity index (χ4n) is 1.72. The van der Waals surface area contributed by atoms with Crippen molar-refractivity contribution < 1.29 is 28.5 Å². The Morgan fingerprint density at radius 1 is 1.55 bits per heavy atom. The zero-order valence-electron chi connectivity index (χ0n) is 12.0. The van der Waals surface area contributed by atoms with Gasteiger partial charge in [0, 0.05) is 12.8 Å². The smallest absolute Gasteiger partial charge is 0.329 e. The van der Waals surface area contributed by atoms with E-state index < -0.39 is 17.9 Å². The number of carbonyl (C=O) groups is 1. The lowest BCUT2D eigenvalue weighted by atomic mass is 9.95. The zero-order chi connectivity index (χ0) is 16.8. The Morgan fingerprint density at radius 3 is 2.77 bits per heavy atom. The molecule has 8 heteroatoms. The highest BCUT2D eigenvalue weighted by molar-refractivity contribution is 5.81. The fraction of sp³-hybridized carbons (Fsp3) is 0.429. The van der Waals surface area contributed by atoms with Crippen LogP contribution in [0.5, 0.6) is 11.5 Å². The topological polar surface area (TPSA) is 105 Å². The van der Waals surface area contributed by atoms with Crippen molar-refractivity contribution in [2.75, 3.05) is 13.7 Å². The van der Waals surface area contributed by atoms with Crippen LogP contribution in [-0.4, -0.2) is 48.0 Å². The highest BCUT2D eigenvalue weighted by Gasteiger charge is 2.43. The molecule has 1 aromatic rings. The molecule has 22 heavy (non-hydrogen) atoms. The Kier molecular flexibility index (Phi) is 6.24. The molecule has 0 aromatic heterocycles. The summed E-state index contributed by atoms with van der Waals surface area (Å²) in [5.41, 5.74) is 3.29. The van der Waals surface area contributed by atoms with E-state index in [1.807, 2.05) is 0 Å². The van der Waals surface area contributed by atoms with Gasteiger partial charge in [-0.25, -0.2) is 13.6 Å². The SMILES string of the molecule is COc1cc(/C=N/CCCC(N)(C(=O)O)C(F)F)ccc1O. The summed E-state index contributed by atoms with van der Waals surface area (Å²) >= 11 is 0. The maximum Gasteiger partial charge on any atom is 0.329 e. The lowest BCUT2D eigenvalue weighted by molar-refractivity contribution is -0.150. The van der Waals surface area contributed by atoms with Crippen LogP contribution in [0.15, 0.2) is 23.2 Å². The third-order valence-corrected chi connectivity index (χ3v) is 3.11. The normalized spacial score (nSPS) is 14.2. The predicted octanol–water partition coefficient (Wildman–Crippen LogP) is 1.65. The van der Waals surface area contributed by atoms with Gasteiger partial charge in [0.2, 0.25) is 0 Å². The minimum absolute atomic E-state index is 0.00837. The maximum atomic E-state index is 12.6. The molecule has 0 saturated carbocycles. The Bertz CT molecular complexity index is 552. The molecule has 1 aromatic carbocycles. The van der Waals surface area contributed by atoms with E-state index in [9.17, 15) is 18.7 Å². The molecule has 0 amide bonds. The number of phenolic OH excluding ortho intramolecular Hbond substituents is 1. The molecule has 6 nitrogen and oxygen atoms in total. The van der Waals surface area contributed by atoms with Crippen LogP contribution in [0.3, 0.4) is 0 Å². The molecule has 0 fully saturated rings. The van der Waals surface area contributed by atoms with E-state index in [2.05, 4.69) is 4.99 Å². The van der Waals surface area contributed by atoms with Gasteiger partial charge in [-0.3, -0.25) is 4.99 Å². The van der Waals surface area contributed by atoms with E-state index in [4.69, 9.17) is 15.6 Å². The average Bonchev–Trinajstić information content (AvgIpc) is 2.47. The molecule has 0 heterocycles. The minimum atomic E-state index is -3.14. The van der Waals surface area contributed by atoms with E-state index in [1.54, 1.807) is 12.1 Å². The highest BCUT2D eigenvalue weighted by atomic mass is 19.3. The standard InChI is InChI=1S/C14H18F2N2O4/c1-22-11-7-9(3-4-10(11)19)8-18-6-2-5-14(17,12(15)16)13(20)21/h3-4,7-8,12,19H,2,5-6,17H2,1H3,(H,20,21)/b18-8+. The lowest BCUT2D eigenvalue weighted by Gasteiger charge is -2.22. The van der Waals surface area contributed by atoms with Gasteiger partial charge in [0.15, 0.2) is 17.0 Å². The number of benzene rings is 1. The Hall–Kier alpha value is -2.22. The Labute approximate surface area is 126 Å². The number of aliphatic carboxylic acids is 1. The molecule has 0 bridgehead atoms. The number of halogens is 2. The van der Waals surface area contributed by atoms with Crippen molar-refractivity contribution >= 4 is 12.2 Å². The van der Waals surface area contributed by atoms with Gasteiger partial charge < -0.3 is 20.7 Å². The van der Waals surface area contributed by atoms with Gasteiger partial charge in [-0.05, 0) is 36.6 Å². The number of hydrogen-bond acceptors (Lipinski definition) is 5. The van der Waals surface area contributed by atoms with Gasteiger partial charge in [0.25, 0.3) is 6.43 Å². The van der Waals surface area contributed by atoms with Crippen LogP contribution < -0.4 is 10.5 Å². The van der Waals surface area contributed by atoms with Crippen molar-refractivity contribution in [3.8, 4) is 11.5 Å². The summed E-state index contributed by atoms with van der Waals surface area (Å²) in [5.74, 6) is -1.45. The minimum Gasteiger partial charge on any atom is -0.504 e. The highest BCUT2D eigenvalue weighted by Crippen LogP contribution is 2.25. The maximum absolute atomic E-state index is 12.6. The van der Waals surface area contributed by atoms with Crippen molar-refractivity contribution in [1.29, 1.82) is 0 Å². The number of aromatic hydroxyl groups is 1. The second-order valence-electron chi connectivity index (χ2n) is 4.72. The molecule has 122 valence electrons. The molecule has 1 unspecified atom stereocenters. The lowest BCUT2D eigenvalue weighted by Crippen LogP contribution is -2.54. The third-order valence-electron chi connectivity index (χ3n) is 3.11. The van der Waals surface area contributed by atoms with E-state index in [1.165, 1.54) is 19.4 Å². The first-order valence-corrected chi connectivity index (χ1v) is 6.48. The molecular weight excluding hydrogens is 298 g/mol. The Balaban J connectivity index is 2.55. The molecule has 0 aliphatic heterocycles. The molecular formula is C14H18F2N2O4. The van der Waals surface area contributed by atoms with E-state index in [-0.39, 0.29) is 30.9 Å². The number of methoxy groups -OCH3 is 1. The van der Waals surface area contributed by atoms with Gasteiger partial charge in [0.1, 0.15) is 0 Å². The van der Waals surface area contributed by atoms with Crippen LogP contribution in [-0.2, 0) is 4.79 Å². The first-order chi connectivity index (χ1) is 10.3. The van der Waals surface area contributed by atoms with Crippen molar-refractivity contribution in [3.05, 3.63) is 23.8 Å². The second kappa shape index (κ2) is 7.69. The first-order valence-electron chi connectivity index (χ1n) is 6.48. The number of alkyl halides is 2. The van der Waals surface area contributed by atoms with Crippen LogP contribution in [0.1, 0.15) is 18.4 Å². The number of carboxylic acids is 1. The predicted molar refractivity (Wildman–Crippen MR) is 76.9 cm³/mol. The van der Waals surface area contributed by atoms with Crippen molar-refractivity contribution in [3.63, 3.8) is 0 Å². The van der Waals surface area contributed by atoms with Gasteiger partial charge in [-0.1, -0.05) is 0 Å². The summed E-state index contributed by atoms with van der Waals surface area (Å²) in [6.45, 7) is 0.155. The van der Waals surface area contributed by atoms with Gasteiger partial charge in [0.05, 0.1) is 7.11 Å². The number of aliphatic imine (C=N–C) groups is 1. The summed E-state index contributed by atoms with van der Waals surface area (Å²) in [5, 5.41) is 18.2. The van der Waals surface area contributed by atoms with E-state index in [0.29, 0.717) is 5.56 Å². The van der Waals surface area contributed by atoms with Crippen LogP contribution in [0, 0.1) is 0 Å². The summed E-state index contributed by atoms with van der Waals surface area (Å²) in [6.07, 6.45) is -1.94. The van der Waals surface area contributed by atoms with Crippen molar-refractivity contribution in [2.45, 2.75) is 24.8 Å². The fourth-order valence-corrected chi connectivity index (χ4v) is 1.72. The number of phenols is 1. The average molecular weight is 316 g/mol. The van der Waals surface area contributed by atoms with Gasteiger partial charge in [-0.15, -0.1) is 0 Å². The van der Waals surface area contributed by atoms with Gasteiger partial charge >= 0.3 is 5.97 Å². The summed E-state index contributed by atoms with van der Waals surface area (Å²) in [7, 11) is 1.41. The molecule has 1 atom stereocenters. The zero-order valence-corrected chi connectivity index (χ0v) is 12.0. The van der Waals surface area contributed by atoms with Crippen LogP contribution in [0.25, 0.3) is 0 Å². The monoisotopic (exact) mass is 316 g/mol. The number of nitrogens with two attached hydrogens (primary N) is 1. The molecule has 0 radical (unpaired) electrons. The quantitative estimate of drug-likeness (QED) is 0.499. The summed E-state index contributed by atoms with van der Waals surface area (Å²) in [6, 6.07) is 4.60. The third kappa shape index (κ3) is 4.39. The second-order valence-corrected chi connectivity index (χ2v) is 4.72. The number of rotatable bonds is 8. The van der Waals surface area contributed by atoms with Crippen molar-refractivity contribution in [1.82, 2.24) is 0 Å². The van der Waals surface area contributed by atoms with Crippen molar-refractivity contribution in [2.24, 2.45) is 10.7 Å². The largest absolute Gasteiger partial charge is 0.504 e. The van der Waals surface area contributed by atoms with Crippen LogP contribution in [0.4, 0.5) is 8.78 Å². The number of ether oxygens (including phenoxy) is 1. The Morgan fingerprint density at radius 2 is 2.23 bits per heavy atom. The molecule has 4 N–H and O–H groups in total. The molecule has 0 spiro atoms. The molecule has 0 aliphatic rings. The van der Waals surface area contributed by atoms with E-state index >= 15 is 0 Å².